The SMILES string of the molecule is Cc1cccc(CNC(=O)c2cn(C[C@H]3CCCO3)cc(C(=O)NC3CCCCCCC3)c2=O)n1. The van der Waals surface area contributed by atoms with E-state index >= 15 is 0 Å². The van der Waals surface area contributed by atoms with Gasteiger partial charge < -0.3 is 19.9 Å². The zero-order chi connectivity index (χ0) is 24.6. The minimum absolute atomic E-state index is 0.00591. The number of pyridine rings is 2. The van der Waals surface area contributed by atoms with Crippen molar-refractivity contribution in [3.63, 3.8) is 0 Å². The zero-order valence-electron chi connectivity index (χ0n) is 20.6. The largest absolute Gasteiger partial charge is 0.376 e. The molecule has 2 aliphatic rings. The third-order valence-electron chi connectivity index (χ3n) is 6.82. The van der Waals surface area contributed by atoms with Crippen LogP contribution in [0, 0.1) is 6.92 Å². The first-order valence-electron chi connectivity index (χ1n) is 12.9. The Morgan fingerprint density at radius 3 is 2.40 bits per heavy atom. The van der Waals surface area contributed by atoms with Crippen molar-refractivity contribution < 1.29 is 14.3 Å². The number of carbonyl (C=O) groups excluding carboxylic acids is 2. The van der Waals surface area contributed by atoms with E-state index in [-0.39, 0.29) is 29.8 Å². The summed E-state index contributed by atoms with van der Waals surface area (Å²) < 4.78 is 7.50. The van der Waals surface area contributed by atoms with Crippen LogP contribution in [-0.4, -0.2) is 40.1 Å². The molecule has 35 heavy (non-hydrogen) atoms. The maximum atomic E-state index is 13.3. The molecule has 2 fully saturated rings. The van der Waals surface area contributed by atoms with Gasteiger partial charge in [0, 0.05) is 37.3 Å². The first kappa shape index (κ1) is 25.1. The fourth-order valence-corrected chi connectivity index (χ4v) is 4.91. The van der Waals surface area contributed by atoms with Crippen molar-refractivity contribution in [1.29, 1.82) is 0 Å². The summed E-state index contributed by atoms with van der Waals surface area (Å²) in [5, 5.41) is 5.86. The van der Waals surface area contributed by atoms with E-state index in [1.54, 1.807) is 10.8 Å². The second-order valence-corrected chi connectivity index (χ2v) is 9.71. The van der Waals surface area contributed by atoms with Gasteiger partial charge in [-0.2, -0.15) is 0 Å². The molecule has 0 spiro atoms. The summed E-state index contributed by atoms with van der Waals surface area (Å²) >= 11 is 0. The van der Waals surface area contributed by atoms with E-state index in [0.29, 0.717) is 18.8 Å². The van der Waals surface area contributed by atoms with E-state index < -0.39 is 17.2 Å². The Bertz CT molecular complexity index is 1080. The third kappa shape index (κ3) is 7.01. The molecule has 1 aliphatic heterocycles. The van der Waals surface area contributed by atoms with Gasteiger partial charge in [0.1, 0.15) is 11.1 Å². The van der Waals surface area contributed by atoms with Crippen LogP contribution in [0.5, 0.6) is 0 Å². The molecule has 0 radical (unpaired) electrons. The van der Waals surface area contributed by atoms with Crippen LogP contribution in [-0.2, 0) is 17.8 Å². The Morgan fingerprint density at radius 1 is 1.00 bits per heavy atom. The highest BCUT2D eigenvalue weighted by molar-refractivity contribution is 5.99. The number of aromatic nitrogens is 2. The molecule has 2 aromatic heterocycles. The van der Waals surface area contributed by atoms with Crippen molar-refractivity contribution in [2.45, 2.75) is 89.9 Å². The quantitative estimate of drug-likeness (QED) is 0.632. The lowest BCUT2D eigenvalue weighted by Crippen LogP contribution is -2.40. The zero-order valence-corrected chi connectivity index (χ0v) is 20.6. The summed E-state index contributed by atoms with van der Waals surface area (Å²) in [5.74, 6) is -0.920. The normalized spacial score (nSPS) is 19.1. The molecular weight excluding hydrogens is 444 g/mol. The number of rotatable bonds is 7. The van der Waals surface area contributed by atoms with Gasteiger partial charge in [-0.1, -0.05) is 38.2 Å². The Hall–Kier alpha value is -3.00. The first-order chi connectivity index (χ1) is 17.0. The molecule has 2 amide bonds. The van der Waals surface area contributed by atoms with E-state index in [1.165, 1.54) is 25.5 Å². The summed E-state index contributed by atoms with van der Waals surface area (Å²) in [6.07, 6.45) is 12.6. The fourth-order valence-electron chi connectivity index (χ4n) is 4.91. The van der Waals surface area contributed by atoms with Gasteiger partial charge in [-0.25, -0.2) is 0 Å². The first-order valence-corrected chi connectivity index (χ1v) is 12.9. The highest BCUT2D eigenvalue weighted by Crippen LogP contribution is 2.18. The second-order valence-electron chi connectivity index (χ2n) is 9.71. The Morgan fingerprint density at radius 2 is 1.71 bits per heavy atom. The minimum atomic E-state index is -0.549. The van der Waals surface area contributed by atoms with Crippen LogP contribution in [0.2, 0.25) is 0 Å². The molecule has 8 heteroatoms. The molecule has 4 rings (SSSR count). The summed E-state index contributed by atoms with van der Waals surface area (Å²) in [5.41, 5.74) is 0.971. The van der Waals surface area contributed by atoms with Crippen LogP contribution in [0.3, 0.4) is 0 Å². The number of nitrogens with one attached hydrogen (secondary N) is 2. The van der Waals surface area contributed by atoms with Crippen LogP contribution < -0.4 is 16.1 Å². The van der Waals surface area contributed by atoms with Crippen LogP contribution in [0.25, 0.3) is 0 Å². The van der Waals surface area contributed by atoms with Gasteiger partial charge >= 0.3 is 0 Å². The van der Waals surface area contributed by atoms with Crippen LogP contribution in [0.15, 0.2) is 35.4 Å². The van der Waals surface area contributed by atoms with Gasteiger partial charge in [0.2, 0.25) is 5.43 Å². The molecule has 0 unspecified atom stereocenters. The number of aryl methyl sites for hydroxylation is 1. The smallest absolute Gasteiger partial charge is 0.257 e. The highest BCUT2D eigenvalue weighted by Gasteiger charge is 2.23. The summed E-state index contributed by atoms with van der Waals surface area (Å²) in [6.45, 7) is 3.28. The van der Waals surface area contributed by atoms with Crippen LogP contribution in [0.4, 0.5) is 0 Å². The molecule has 2 N–H and O–H groups in total. The predicted octanol–water partition coefficient (Wildman–Crippen LogP) is 3.50. The Balaban J connectivity index is 1.55. The molecule has 2 aromatic rings. The van der Waals surface area contributed by atoms with E-state index in [9.17, 15) is 14.4 Å². The molecule has 0 aromatic carbocycles. The van der Waals surface area contributed by atoms with Gasteiger partial charge in [0.25, 0.3) is 11.8 Å². The lowest BCUT2D eigenvalue weighted by Gasteiger charge is -2.21. The number of amides is 2. The van der Waals surface area contributed by atoms with E-state index in [0.717, 1.165) is 44.2 Å². The standard InChI is InChI=1S/C27H36N4O4/c1-19-9-7-12-21(29-19)15-28-26(33)23-17-31(16-22-13-8-14-35-22)18-24(25(23)32)27(34)30-20-10-5-3-2-4-6-11-20/h7,9,12,17-18,20,22H,2-6,8,10-11,13-16H2,1H3,(H,28,33)(H,30,34)/t22-/m1/s1. The Kier molecular flexibility index (Phi) is 8.69. The summed E-state index contributed by atoms with van der Waals surface area (Å²) in [7, 11) is 0. The van der Waals surface area contributed by atoms with Crippen molar-refractivity contribution in [2.75, 3.05) is 6.61 Å². The van der Waals surface area contributed by atoms with E-state index in [1.807, 2.05) is 25.1 Å². The summed E-state index contributed by atoms with van der Waals surface area (Å²) in [6, 6.07) is 5.63. The van der Waals surface area contributed by atoms with Crippen molar-refractivity contribution in [1.82, 2.24) is 20.2 Å². The van der Waals surface area contributed by atoms with E-state index in [4.69, 9.17) is 4.74 Å². The van der Waals surface area contributed by atoms with Crippen molar-refractivity contribution >= 4 is 11.8 Å². The molecule has 1 atom stereocenters. The number of ether oxygens (including phenoxy) is 1. The predicted molar refractivity (Wildman–Crippen MR) is 133 cm³/mol. The van der Waals surface area contributed by atoms with E-state index in [2.05, 4.69) is 15.6 Å². The average Bonchev–Trinajstić information content (AvgIpc) is 3.33. The Labute approximate surface area is 206 Å². The molecule has 188 valence electrons. The molecule has 3 heterocycles. The number of hydrogen-bond donors (Lipinski definition) is 2. The highest BCUT2D eigenvalue weighted by atomic mass is 16.5. The molecule has 1 saturated heterocycles. The maximum Gasteiger partial charge on any atom is 0.257 e. The summed E-state index contributed by atoms with van der Waals surface area (Å²) in [4.78, 5) is 43.9. The van der Waals surface area contributed by atoms with Gasteiger partial charge in [0.15, 0.2) is 0 Å². The number of hydrogen-bond acceptors (Lipinski definition) is 5. The molecule has 1 aliphatic carbocycles. The van der Waals surface area contributed by atoms with Crippen molar-refractivity contribution in [3.05, 3.63) is 63.3 Å². The van der Waals surface area contributed by atoms with Crippen molar-refractivity contribution in [2.24, 2.45) is 0 Å². The maximum absolute atomic E-state index is 13.3. The molecule has 0 bridgehead atoms. The average molecular weight is 481 g/mol. The van der Waals surface area contributed by atoms with Gasteiger partial charge in [0.05, 0.1) is 18.3 Å². The molecule has 1 saturated carbocycles. The second kappa shape index (κ2) is 12.1. The monoisotopic (exact) mass is 480 g/mol. The van der Waals surface area contributed by atoms with Crippen molar-refractivity contribution in [3.8, 4) is 0 Å². The fraction of sp³-hybridized carbons (Fsp3) is 0.556. The topological polar surface area (TPSA) is 102 Å². The minimum Gasteiger partial charge on any atom is -0.376 e. The van der Waals surface area contributed by atoms with Gasteiger partial charge in [-0.15, -0.1) is 0 Å². The lowest BCUT2D eigenvalue weighted by atomic mass is 9.96. The lowest BCUT2D eigenvalue weighted by molar-refractivity contribution is 0.0914. The molecular formula is C27H36N4O4. The van der Waals surface area contributed by atoms with Gasteiger partial charge in [-0.05, 0) is 44.7 Å². The van der Waals surface area contributed by atoms with Crippen LogP contribution in [0.1, 0.15) is 89.9 Å². The third-order valence-corrected chi connectivity index (χ3v) is 6.82. The van der Waals surface area contributed by atoms with Gasteiger partial charge in [-0.3, -0.25) is 19.4 Å². The number of nitrogens with zero attached hydrogens (tertiary/aromatic N) is 2. The number of carbonyl (C=O) groups is 2. The molecule has 8 nitrogen and oxygen atoms in total. The van der Waals surface area contributed by atoms with Crippen LogP contribution >= 0.6 is 0 Å².